The lowest BCUT2D eigenvalue weighted by Crippen LogP contribution is -2.24. The van der Waals surface area contributed by atoms with Crippen LogP contribution >= 0.6 is 0 Å². The second kappa shape index (κ2) is 4.53. The van der Waals surface area contributed by atoms with Crippen molar-refractivity contribution in [3.8, 4) is 5.75 Å². The summed E-state index contributed by atoms with van der Waals surface area (Å²) in [5.74, 6) is -1.57. The maximum Gasteiger partial charge on any atom is 0.314 e. The number of cyclic esters (lactones) is 2. The van der Waals surface area contributed by atoms with E-state index < -0.39 is 17.8 Å². The van der Waals surface area contributed by atoms with E-state index in [1.165, 1.54) is 19.2 Å². The van der Waals surface area contributed by atoms with Crippen LogP contribution in [0, 0.1) is 5.82 Å². The van der Waals surface area contributed by atoms with Gasteiger partial charge in [-0.1, -0.05) is 0 Å². The van der Waals surface area contributed by atoms with Crippen molar-refractivity contribution in [1.29, 1.82) is 0 Å². The molecule has 0 aliphatic carbocycles. The minimum absolute atomic E-state index is 0.0817. The van der Waals surface area contributed by atoms with E-state index in [0.717, 1.165) is 0 Å². The molecule has 0 spiro atoms. The van der Waals surface area contributed by atoms with Gasteiger partial charge in [-0.25, -0.2) is 4.39 Å². The van der Waals surface area contributed by atoms with Crippen LogP contribution in [0.1, 0.15) is 24.3 Å². The number of hydrogen-bond donors (Lipinski definition) is 0. The van der Waals surface area contributed by atoms with Gasteiger partial charge in [0.15, 0.2) is 0 Å². The summed E-state index contributed by atoms with van der Waals surface area (Å²) >= 11 is 0. The first-order valence-electron chi connectivity index (χ1n) is 5.16. The number of ether oxygens (including phenoxy) is 2. The van der Waals surface area contributed by atoms with E-state index in [1.54, 1.807) is 6.07 Å². The normalized spacial score (nSPS) is 16.8. The van der Waals surface area contributed by atoms with Crippen LogP contribution in [0.15, 0.2) is 18.2 Å². The molecule has 17 heavy (non-hydrogen) atoms. The predicted molar refractivity (Wildman–Crippen MR) is 56.0 cm³/mol. The third-order valence-corrected chi connectivity index (χ3v) is 2.65. The number of carbonyl (C=O) groups excluding carboxylic acids is 2. The first kappa shape index (κ1) is 11.6. The van der Waals surface area contributed by atoms with Crippen LogP contribution in [-0.4, -0.2) is 19.0 Å². The molecule has 1 aromatic carbocycles. The Morgan fingerprint density at radius 1 is 1.24 bits per heavy atom. The molecular weight excluding hydrogens is 227 g/mol. The summed E-state index contributed by atoms with van der Waals surface area (Å²) in [6.45, 7) is 0. The summed E-state index contributed by atoms with van der Waals surface area (Å²) in [5.41, 5.74) is 0.576. The summed E-state index contributed by atoms with van der Waals surface area (Å²) in [6.07, 6.45) is 0.163. The molecule has 1 aromatic rings. The van der Waals surface area contributed by atoms with Crippen LogP contribution in [0.5, 0.6) is 5.75 Å². The Hall–Kier alpha value is -1.91. The summed E-state index contributed by atoms with van der Waals surface area (Å²) in [6, 6.07) is 4.17. The molecule has 90 valence electrons. The Balaban J connectivity index is 2.29. The average molecular weight is 238 g/mol. The molecule has 0 atom stereocenters. The topological polar surface area (TPSA) is 52.6 Å². The molecule has 1 aliphatic heterocycles. The number of esters is 2. The van der Waals surface area contributed by atoms with Gasteiger partial charge in [0.05, 0.1) is 20.0 Å². The second-order valence-electron chi connectivity index (χ2n) is 3.88. The molecule has 1 aliphatic rings. The Morgan fingerprint density at radius 3 is 2.47 bits per heavy atom. The molecule has 0 amide bonds. The van der Waals surface area contributed by atoms with Crippen LogP contribution in [0.25, 0.3) is 0 Å². The van der Waals surface area contributed by atoms with Gasteiger partial charge in [0.1, 0.15) is 11.6 Å². The van der Waals surface area contributed by atoms with Crippen molar-refractivity contribution in [3.05, 3.63) is 29.6 Å². The van der Waals surface area contributed by atoms with Crippen molar-refractivity contribution in [2.24, 2.45) is 0 Å². The summed E-state index contributed by atoms with van der Waals surface area (Å²) in [4.78, 5) is 22.3. The van der Waals surface area contributed by atoms with Gasteiger partial charge in [0, 0.05) is 12.0 Å². The van der Waals surface area contributed by atoms with Gasteiger partial charge in [-0.05, 0) is 17.7 Å². The first-order valence-corrected chi connectivity index (χ1v) is 5.16. The number of methoxy groups -OCH3 is 1. The summed E-state index contributed by atoms with van der Waals surface area (Å²) in [7, 11) is 1.43. The van der Waals surface area contributed by atoms with E-state index in [0.29, 0.717) is 11.3 Å². The van der Waals surface area contributed by atoms with E-state index in [9.17, 15) is 14.0 Å². The maximum absolute atomic E-state index is 13.3. The van der Waals surface area contributed by atoms with E-state index in [-0.39, 0.29) is 18.8 Å². The molecule has 0 N–H and O–H groups in total. The molecule has 5 heteroatoms. The highest BCUT2D eigenvalue weighted by atomic mass is 19.1. The quantitative estimate of drug-likeness (QED) is 0.582. The fraction of sp³-hybridized carbons (Fsp3) is 0.333. The predicted octanol–water partition coefficient (Wildman–Crippen LogP) is 1.78. The van der Waals surface area contributed by atoms with Gasteiger partial charge in [0.25, 0.3) is 0 Å². The highest BCUT2D eigenvalue weighted by Gasteiger charge is 2.28. The molecule has 1 fully saturated rings. The Labute approximate surface area is 97.3 Å². The zero-order valence-electron chi connectivity index (χ0n) is 9.23. The van der Waals surface area contributed by atoms with Crippen LogP contribution < -0.4 is 4.74 Å². The SMILES string of the molecule is COc1cc(F)cc(C2CC(=O)OC(=O)C2)c1. The molecular formula is C12H11FO4. The molecule has 4 nitrogen and oxygen atoms in total. The van der Waals surface area contributed by atoms with Gasteiger partial charge < -0.3 is 9.47 Å². The standard InChI is InChI=1S/C12H11FO4/c1-16-10-3-7(2-9(13)6-10)8-4-11(14)17-12(15)5-8/h2-3,6,8H,4-5H2,1H3. The van der Waals surface area contributed by atoms with Gasteiger partial charge in [-0.3, -0.25) is 9.59 Å². The van der Waals surface area contributed by atoms with Gasteiger partial charge in [0.2, 0.25) is 0 Å². The van der Waals surface area contributed by atoms with Gasteiger partial charge in [-0.2, -0.15) is 0 Å². The highest BCUT2D eigenvalue weighted by molar-refractivity contribution is 5.89. The Kier molecular flexibility index (Phi) is 3.08. The van der Waals surface area contributed by atoms with Crippen molar-refractivity contribution in [1.82, 2.24) is 0 Å². The number of benzene rings is 1. The van der Waals surface area contributed by atoms with Crippen molar-refractivity contribution < 1.29 is 23.5 Å². The molecule has 0 aromatic heterocycles. The smallest absolute Gasteiger partial charge is 0.314 e. The Morgan fingerprint density at radius 2 is 1.88 bits per heavy atom. The third-order valence-electron chi connectivity index (χ3n) is 2.65. The number of rotatable bonds is 2. The van der Waals surface area contributed by atoms with Gasteiger partial charge in [-0.15, -0.1) is 0 Å². The highest BCUT2D eigenvalue weighted by Crippen LogP contribution is 2.31. The van der Waals surface area contributed by atoms with E-state index in [2.05, 4.69) is 4.74 Å². The second-order valence-corrected chi connectivity index (χ2v) is 3.88. The fourth-order valence-corrected chi connectivity index (χ4v) is 1.86. The fourth-order valence-electron chi connectivity index (χ4n) is 1.86. The number of carbonyl (C=O) groups is 2. The maximum atomic E-state index is 13.3. The van der Waals surface area contributed by atoms with Crippen LogP contribution in [0.3, 0.4) is 0 Å². The van der Waals surface area contributed by atoms with Crippen LogP contribution in [-0.2, 0) is 14.3 Å². The lowest BCUT2D eigenvalue weighted by molar-refractivity contribution is -0.163. The molecule has 0 unspecified atom stereocenters. The molecule has 1 saturated heterocycles. The van der Waals surface area contributed by atoms with Crippen molar-refractivity contribution in [2.45, 2.75) is 18.8 Å². The summed E-state index contributed by atoms with van der Waals surface area (Å²) < 4.78 is 22.6. The molecule has 0 bridgehead atoms. The molecule has 0 saturated carbocycles. The van der Waals surface area contributed by atoms with Crippen molar-refractivity contribution >= 4 is 11.9 Å². The minimum atomic E-state index is -0.575. The lowest BCUT2D eigenvalue weighted by atomic mass is 9.91. The minimum Gasteiger partial charge on any atom is -0.497 e. The zero-order valence-corrected chi connectivity index (χ0v) is 9.23. The first-order chi connectivity index (χ1) is 8.08. The van der Waals surface area contributed by atoms with Gasteiger partial charge >= 0.3 is 11.9 Å². The zero-order chi connectivity index (χ0) is 12.4. The summed E-state index contributed by atoms with van der Waals surface area (Å²) in [5, 5.41) is 0. The van der Waals surface area contributed by atoms with Crippen molar-refractivity contribution in [2.75, 3.05) is 7.11 Å². The van der Waals surface area contributed by atoms with Crippen LogP contribution in [0.4, 0.5) is 4.39 Å². The Bertz CT molecular complexity index is 454. The van der Waals surface area contributed by atoms with Crippen LogP contribution in [0.2, 0.25) is 0 Å². The number of halogens is 1. The third kappa shape index (κ3) is 2.61. The number of hydrogen-bond acceptors (Lipinski definition) is 4. The van der Waals surface area contributed by atoms with E-state index in [4.69, 9.17) is 4.74 Å². The lowest BCUT2D eigenvalue weighted by Gasteiger charge is -2.20. The van der Waals surface area contributed by atoms with E-state index >= 15 is 0 Å². The largest absolute Gasteiger partial charge is 0.497 e. The molecule has 2 rings (SSSR count). The average Bonchev–Trinajstić information content (AvgIpc) is 2.26. The molecule has 1 heterocycles. The van der Waals surface area contributed by atoms with E-state index in [1.807, 2.05) is 0 Å². The molecule has 0 radical (unpaired) electrons. The monoisotopic (exact) mass is 238 g/mol. The van der Waals surface area contributed by atoms with Crippen molar-refractivity contribution in [3.63, 3.8) is 0 Å².